The van der Waals surface area contributed by atoms with Crippen LogP contribution in [0.15, 0.2) is 42.5 Å². The van der Waals surface area contributed by atoms with Gasteiger partial charge in [-0.15, -0.1) is 0 Å². The average molecular weight is 285 g/mol. The SMILES string of the molecule is CSC1CCCC(N)(c2cccc3ccccc23)C1=O. The fourth-order valence-electron chi connectivity index (χ4n) is 3.21. The monoisotopic (exact) mass is 285 g/mol. The number of hydrogen-bond donors (Lipinski definition) is 1. The fraction of sp³-hybridized carbons (Fsp3) is 0.353. The number of rotatable bonds is 2. The Kier molecular flexibility index (Phi) is 3.57. The second-order valence-corrected chi connectivity index (χ2v) is 6.52. The van der Waals surface area contributed by atoms with Crippen LogP contribution in [0.1, 0.15) is 24.8 Å². The molecule has 0 heterocycles. The third-order valence-corrected chi connectivity index (χ3v) is 5.34. The molecule has 0 amide bonds. The summed E-state index contributed by atoms with van der Waals surface area (Å²) >= 11 is 1.63. The molecule has 20 heavy (non-hydrogen) atoms. The van der Waals surface area contributed by atoms with Crippen molar-refractivity contribution in [2.24, 2.45) is 5.73 Å². The van der Waals surface area contributed by atoms with E-state index in [4.69, 9.17) is 5.73 Å². The zero-order chi connectivity index (χ0) is 14.2. The molecule has 2 aromatic rings. The van der Waals surface area contributed by atoms with Gasteiger partial charge in [-0.05, 0) is 41.9 Å². The summed E-state index contributed by atoms with van der Waals surface area (Å²) in [7, 11) is 0. The molecular formula is C17H19NOS. The quantitative estimate of drug-likeness (QED) is 0.918. The molecule has 0 bridgehead atoms. The lowest BCUT2D eigenvalue weighted by molar-refractivity contribution is -0.125. The molecule has 2 nitrogen and oxygen atoms in total. The molecule has 0 aromatic heterocycles. The van der Waals surface area contributed by atoms with E-state index in [2.05, 4.69) is 18.2 Å². The van der Waals surface area contributed by atoms with Crippen molar-refractivity contribution >= 4 is 28.3 Å². The van der Waals surface area contributed by atoms with Gasteiger partial charge in [0.15, 0.2) is 5.78 Å². The molecule has 2 N–H and O–H groups in total. The summed E-state index contributed by atoms with van der Waals surface area (Å²) in [4.78, 5) is 12.8. The number of nitrogens with two attached hydrogens (primary N) is 1. The highest BCUT2D eigenvalue weighted by atomic mass is 32.2. The Labute approximate surface area is 123 Å². The molecule has 0 saturated heterocycles. The summed E-state index contributed by atoms with van der Waals surface area (Å²) in [5, 5.41) is 2.29. The lowest BCUT2D eigenvalue weighted by Gasteiger charge is -2.36. The molecule has 1 aliphatic rings. The Hall–Kier alpha value is -1.32. The molecule has 2 atom stereocenters. The normalized spacial score (nSPS) is 26.9. The zero-order valence-corrected chi connectivity index (χ0v) is 12.5. The van der Waals surface area contributed by atoms with Crippen molar-refractivity contribution < 1.29 is 4.79 Å². The predicted molar refractivity (Wildman–Crippen MR) is 86.0 cm³/mol. The lowest BCUT2D eigenvalue weighted by Crippen LogP contribution is -2.51. The summed E-state index contributed by atoms with van der Waals surface area (Å²) in [6.07, 6.45) is 4.70. The highest BCUT2D eigenvalue weighted by Crippen LogP contribution is 2.38. The Bertz CT molecular complexity index is 649. The van der Waals surface area contributed by atoms with Gasteiger partial charge in [0.2, 0.25) is 0 Å². The lowest BCUT2D eigenvalue weighted by atomic mass is 9.74. The van der Waals surface area contributed by atoms with Crippen molar-refractivity contribution in [2.45, 2.75) is 30.1 Å². The summed E-state index contributed by atoms with van der Waals surface area (Å²) in [6.45, 7) is 0. The molecule has 1 fully saturated rings. The van der Waals surface area contributed by atoms with Crippen LogP contribution in [0.4, 0.5) is 0 Å². The van der Waals surface area contributed by atoms with E-state index in [1.54, 1.807) is 11.8 Å². The largest absolute Gasteiger partial charge is 0.315 e. The van der Waals surface area contributed by atoms with Gasteiger partial charge in [-0.3, -0.25) is 4.79 Å². The van der Waals surface area contributed by atoms with Crippen LogP contribution >= 0.6 is 11.8 Å². The van der Waals surface area contributed by atoms with E-state index in [-0.39, 0.29) is 11.0 Å². The van der Waals surface area contributed by atoms with Crippen LogP contribution in [0.25, 0.3) is 10.8 Å². The minimum Gasteiger partial charge on any atom is -0.315 e. The van der Waals surface area contributed by atoms with E-state index in [1.807, 2.05) is 30.5 Å². The average Bonchev–Trinajstić information content (AvgIpc) is 2.49. The van der Waals surface area contributed by atoms with Crippen LogP contribution in [0.2, 0.25) is 0 Å². The van der Waals surface area contributed by atoms with Crippen molar-refractivity contribution in [1.82, 2.24) is 0 Å². The van der Waals surface area contributed by atoms with E-state index in [1.165, 1.54) is 0 Å². The van der Waals surface area contributed by atoms with Gasteiger partial charge in [0.25, 0.3) is 0 Å². The van der Waals surface area contributed by atoms with Gasteiger partial charge in [-0.25, -0.2) is 0 Å². The molecule has 2 aromatic carbocycles. The molecule has 3 rings (SSSR count). The van der Waals surface area contributed by atoms with E-state index in [0.29, 0.717) is 0 Å². The molecule has 0 spiro atoms. The minimum atomic E-state index is -0.827. The van der Waals surface area contributed by atoms with Crippen LogP contribution in [0, 0.1) is 0 Å². The van der Waals surface area contributed by atoms with E-state index in [0.717, 1.165) is 35.6 Å². The van der Waals surface area contributed by atoms with E-state index >= 15 is 0 Å². The highest BCUT2D eigenvalue weighted by Gasteiger charge is 2.43. The van der Waals surface area contributed by atoms with Gasteiger partial charge >= 0.3 is 0 Å². The van der Waals surface area contributed by atoms with Gasteiger partial charge < -0.3 is 5.73 Å². The van der Waals surface area contributed by atoms with Crippen LogP contribution in [-0.2, 0) is 10.3 Å². The first kappa shape index (κ1) is 13.7. The summed E-state index contributed by atoms with van der Waals surface area (Å²) < 4.78 is 0. The molecule has 3 heteroatoms. The first-order valence-corrected chi connectivity index (χ1v) is 8.30. The maximum Gasteiger partial charge on any atom is 0.170 e. The van der Waals surface area contributed by atoms with Gasteiger partial charge in [-0.2, -0.15) is 11.8 Å². The number of thioether (sulfide) groups is 1. The van der Waals surface area contributed by atoms with Crippen molar-refractivity contribution in [3.8, 4) is 0 Å². The second kappa shape index (κ2) is 5.23. The van der Waals surface area contributed by atoms with Crippen molar-refractivity contribution in [1.29, 1.82) is 0 Å². The molecule has 1 saturated carbocycles. The van der Waals surface area contributed by atoms with Gasteiger partial charge in [-0.1, -0.05) is 42.5 Å². The standard InChI is InChI=1S/C17H19NOS/c1-20-15-10-5-11-17(18,16(15)19)14-9-4-7-12-6-2-3-8-13(12)14/h2-4,6-9,15H,5,10-11,18H2,1H3. The molecule has 0 aliphatic heterocycles. The summed E-state index contributed by atoms with van der Waals surface area (Å²) in [5.74, 6) is 0.188. The Morgan fingerprint density at radius 1 is 1.20 bits per heavy atom. The van der Waals surface area contributed by atoms with E-state index < -0.39 is 5.54 Å². The van der Waals surface area contributed by atoms with Crippen LogP contribution in [0.5, 0.6) is 0 Å². The van der Waals surface area contributed by atoms with Crippen LogP contribution in [0.3, 0.4) is 0 Å². The number of ketones is 1. The predicted octanol–water partition coefficient (Wildman–Crippen LogP) is 3.48. The van der Waals surface area contributed by atoms with Gasteiger partial charge in [0.1, 0.15) is 5.54 Å². The Balaban J connectivity index is 2.16. The molecule has 104 valence electrons. The molecule has 2 unspecified atom stereocenters. The maximum atomic E-state index is 12.8. The highest BCUT2D eigenvalue weighted by molar-refractivity contribution is 7.99. The van der Waals surface area contributed by atoms with Crippen molar-refractivity contribution in [3.05, 3.63) is 48.0 Å². The van der Waals surface area contributed by atoms with Gasteiger partial charge in [0.05, 0.1) is 5.25 Å². The molecule has 1 aliphatic carbocycles. The number of carbonyl (C=O) groups excluding carboxylic acids is 1. The van der Waals surface area contributed by atoms with Crippen LogP contribution in [-0.4, -0.2) is 17.3 Å². The maximum absolute atomic E-state index is 12.8. The molecule has 0 radical (unpaired) electrons. The number of fused-ring (bicyclic) bond motifs is 1. The third-order valence-electron chi connectivity index (χ3n) is 4.32. The van der Waals surface area contributed by atoms with Gasteiger partial charge in [0, 0.05) is 0 Å². The molecular weight excluding hydrogens is 266 g/mol. The van der Waals surface area contributed by atoms with Crippen molar-refractivity contribution in [3.63, 3.8) is 0 Å². The minimum absolute atomic E-state index is 0.0349. The first-order chi connectivity index (χ1) is 9.66. The van der Waals surface area contributed by atoms with Crippen molar-refractivity contribution in [2.75, 3.05) is 6.26 Å². The Morgan fingerprint density at radius 2 is 1.95 bits per heavy atom. The first-order valence-electron chi connectivity index (χ1n) is 7.01. The number of hydrogen-bond acceptors (Lipinski definition) is 3. The topological polar surface area (TPSA) is 43.1 Å². The second-order valence-electron chi connectivity index (χ2n) is 5.48. The third kappa shape index (κ3) is 2.05. The number of Topliss-reactive ketones (excluding diaryl/α,β-unsaturated/α-hetero) is 1. The zero-order valence-electron chi connectivity index (χ0n) is 11.6. The fourth-order valence-corrected chi connectivity index (χ4v) is 4.04. The Morgan fingerprint density at radius 3 is 2.75 bits per heavy atom. The van der Waals surface area contributed by atoms with Crippen LogP contribution < -0.4 is 5.73 Å². The number of benzene rings is 2. The summed E-state index contributed by atoms with van der Waals surface area (Å²) in [5.41, 5.74) is 6.75. The summed E-state index contributed by atoms with van der Waals surface area (Å²) in [6, 6.07) is 14.3. The number of carbonyl (C=O) groups is 1. The smallest absolute Gasteiger partial charge is 0.170 e. The van der Waals surface area contributed by atoms with E-state index in [9.17, 15) is 4.79 Å².